The summed E-state index contributed by atoms with van der Waals surface area (Å²) in [5, 5.41) is 0.595. The smallest absolute Gasteiger partial charge is 0.0493 e. The minimum atomic E-state index is 0.149. The summed E-state index contributed by atoms with van der Waals surface area (Å²) in [5.74, 6) is 0. The average molecular weight is 192 g/mol. The molecule has 0 saturated heterocycles. The third-order valence-electron chi connectivity index (χ3n) is 1.43. The van der Waals surface area contributed by atoms with Crippen molar-refractivity contribution in [3.8, 4) is 0 Å². The molecule has 0 spiro atoms. The molecule has 0 aromatic carbocycles. The summed E-state index contributed by atoms with van der Waals surface area (Å²) in [6.07, 6.45) is 3.24. The van der Waals surface area contributed by atoms with E-state index in [1.807, 2.05) is 6.92 Å². The number of allylic oxidation sites excluding steroid dienone is 2. The summed E-state index contributed by atoms with van der Waals surface area (Å²) in [7, 11) is 0. The molecule has 0 aliphatic heterocycles. The second kappa shape index (κ2) is 5.70. The average Bonchev–Trinajstić information content (AvgIpc) is 2.02. The highest BCUT2D eigenvalue weighted by Gasteiger charge is 2.02. The first-order chi connectivity index (χ1) is 5.11. The van der Waals surface area contributed by atoms with Crippen LogP contribution in [0.5, 0.6) is 0 Å². The molecular formula is C8H14ClNS. The molecule has 0 heterocycles. The Balaban J connectivity index is 4.04. The highest BCUT2D eigenvalue weighted by molar-refractivity contribution is 7.84. The first-order valence-corrected chi connectivity index (χ1v) is 4.40. The van der Waals surface area contributed by atoms with Crippen molar-refractivity contribution in [2.75, 3.05) is 0 Å². The molecule has 1 atom stereocenters. The Bertz CT molecular complexity index is 165. The van der Waals surface area contributed by atoms with Crippen LogP contribution in [0, 0.1) is 0 Å². The van der Waals surface area contributed by atoms with Crippen molar-refractivity contribution in [3.63, 3.8) is 0 Å². The lowest BCUT2D eigenvalue weighted by molar-refractivity contribution is 0.655. The van der Waals surface area contributed by atoms with Crippen LogP contribution in [0.1, 0.15) is 19.8 Å². The van der Waals surface area contributed by atoms with Gasteiger partial charge in [0.2, 0.25) is 0 Å². The van der Waals surface area contributed by atoms with E-state index >= 15 is 0 Å². The molecule has 0 aromatic rings. The maximum atomic E-state index is 5.75. The van der Waals surface area contributed by atoms with Crippen LogP contribution in [0.25, 0.3) is 0 Å². The topological polar surface area (TPSA) is 26.0 Å². The quantitative estimate of drug-likeness (QED) is 0.519. The van der Waals surface area contributed by atoms with E-state index in [1.54, 1.807) is 6.08 Å². The zero-order valence-corrected chi connectivity index (χ0v) is 8.33. The van der Waals surface area contributed by atoms with E-state index in [-0.39, 0.29) is 6.04 Å². The summed E-state index contributed by atoms with van der Waals surface area (Å²) < 4.78 is 0. The predicted molar refractivity (Wildman–Crippen MR) is 54.9 cm³/mol. The Morgan fingerprint density at radius 1 is 1.82 bits per heavy atom. The van der Waals surface area contributed by atoms with Crippen LogP contribution in [0.2, 0.25) is 0 Å². The Kier molecular flexibility index (Phi) is 5.74. The molecule has 0 aliphatic carbocycles. The number of thiol groups is 1. The minimum absolute atomic E-state index is 0.149. The van der Waals surface area contributed by atoms with Crippen LogP contribution in [0.4, 0.5) is 0 Å². The summed E-state index contributed by atoms with van der Waals surface area (Å²) >= 11 is 9.94. The number of hydrogen-bond donors (Lipinski definition) is 2. The first-order valence-electron chi connectivity index (χ1n) is 3.57. The third-order valence-corrected chi connectivity index (χ3v) is 2.37. The van der Waals surface area contributed by atoms with E-state index in [1.165, 1.54) is 0 Å². The number of hydrogen-bond acceptors (Lipinski definition) is 2. The van der Waals surface area contributed by atoms with Crippen molar-refractivity contribution in [2.45, 2.75) is 25.8 Å². The molecule has 11 heavy (non-hydrogen) atoms. The minimum Gasteiger partial charge on any atom is -0.327 e. The molecule has 0 amide bonds. The van der Waals surface area contributed by atoms with Crippen LogP contribution in [0.3, 0.4) is 0 Å². The summed E-state index contributed by atoms with van der Waals surface area (Å²) in [5.41, 5.74) is 5.69. The summed E-state index contributed by atoms with van der Waals surface area (Å²) in [4.78, 5) is 0.816. The van der Waals surface area contributed by atoms with Gasteiger partial charge in [-0.15, -0.1) is 12.6 Å². The van der Waals surface area contributed by atoms with Gasteiger partial charge in [0, 0.05) is 16.0 Å². The molecule has 1 unspecified atom stereocenters. The highest BCUT2D eigenvalue weighted by atomic mass is 35.5. The molecule has 0 fully saturated rings. The molecule has 0 aliphatic rings. The standard InChI is InChI=1S/C8H14ClNS/c1-3-6(10)5-8(11)7(9)4-2/h4,6,11H,2-3,5,10H2,1H3/b8-7+. The maximum absolute atomic E-state index is 5.75. The molecule has 3 heteroatoms. The van der Waals surface area contributed by atoms with Crippen molar-refractivity contribution < 1.29 is 0 Å². The van der Waals surface area contributed by atoms with E-state index in [0.717, 1.165) is 17.7 Å². The van der Waals surface area contributed by atoms with E-state index in [2.05, 4.69) is 19.2 Å². The number of nitrogens with two attached hydrogens (primary N) is 1. The van der Waals surface area contributed by atoms with Gasteiger partial charge < -0.3 is 5.73 Å². The van der Waals surface area contributed by atoms with E-state index in [9.17, 15) is 0 Å². The Hall–Kier alpha value is 0.0800. The van der Waals surface area contributed by atoms with Crippen LogP contribution in [0.15, 0.2) is 22.6 Å². The van der Waals surface area contributed by atoms with Crippen LogP contribution in [-0.4, -0.2) is 6.04 Å². The van der Waals surface area contributed by atoms with E-state index in [0.29, 0.717) is 5.03 Å². The largest absolute Gasteiger partial charge is 0.327 e. The van der Waals surface area contributed by atoms with Gasteiger partial charge in [-0.2, -0.15) is 0 Å². The SMILES string of the molecule is C=C/C(Cl)=C(\S)CC(N)CC. The summed E-state index contributed by atoms with van der Waals surface area (Å²) in [6, 6.07) is 0.149. The monoisotopic (exact) mass is 191 g/mol. The highest BCUT2D eigenvalue weighted by Crippen LogP contribution is 2.19. The van der Waals surface area contributed by atoms with Gasteiger partial charge in [0.05, 0.1) is 0 Å². The molecule has 0 aromatic heterocycles. The molecule has 0 rings (SSSR count). The molecule has 1 nitrogen and oxygen atoms in total. The maximum Gasteiger partial charge on any atom is 0.0493 e. The van der Waals surface area contributed by atoms with Gasteiger partial charge in [0.25, 0.3) is 0 Å². The van der Waals surface area contributed by atoms with Crippen LogP contribution in [-0.2, 0) is 0 Å². The van der Waals surface area contributed by atoms with E-state index < -0.39 is 0 Å². The van der Waals surface area contributed by atoms with Gasteiger partial charge in [0.15, 0.2) is 0 Å². The normalized spacial score (nSPS) is 15.6. The number of rotatable bonds is 4. The zero-order valence-electron chi connectivity index (χ0n) is 6.68. The molecule has 64 valence electrons. The molecule has 0 bridgehead atoms. The zero-order chi connectivity index (χ0) is 8.85. The van der Waals surface area contributed by atoms with Crippen molar-refractivity contribution in [1.29, 1.82) is 0 Å². The van der Waals surface area contributed by atoms with Crippen molar-refractivity contribution in [2.24, 2.45) is 5.73 Å². The van der Waals surface area contributed by atoms with Crippen LogP contribution >= 0.6 is 24.2 Å². The van der Waals surface area contributed by atoms with Crippen molar-refractivity contribution >= 4 is 24.2 Å². The second-order valence-electron chi connectivity index (χ2n) is 2.37. The Morgan fingerprint density at radius 2 is 2.36 bits per heavy atom. The lowest BCUT2D eigenvalue weighted by Crippen LogP contribution is -2.18. The van der Waals surface area contributed by atoms with Gasteiger partial charge in [-0.3, -0.25) is 0 Å². The first kappa shape index (κ1) is 11.1. The van der Waals surface area contributed by atoms with Gasteiger partial charge >= 0.3 is 0 Å². The Morgan fingerprint density at radius 3 is 2.73 bits per heavy atom. The lowest BCUT2D eigenvalue weighted by atomic mass is 10.1. The lowest BCUT2D eigenvalue weighted by Gasteiger charge is -2.08. The molecule has 0 saturated carbocycles. The molecular weight excluding hydrogens is 178 g/mol. The molecule has 2 N–H and O–H groups in total. The van der Waals surface area contributed by atoms with Gasteiger partial charge in [0.1, 0.15) is 0 Å². The van der Waals surface area contributed by atoms with E-state index in [4.69, 9.17) is 17.3 Å². The fourth-order valence-electron chi connectivity index (χ4n) is 0.608. The summed E-state index contributed by atoms with van der Waals surface area (Å²) in [6.45, 7) is 5.57. The predicted octanol–water partition coefficient (Wildman–Crippen LogP) is 2.68. The van der Waals surface area contributed by atoms with Crippen molar-refractivity contribution in [1.82, 2.24) is 0 Å². The van der Waals surface area contributed by atoms with Crippen LogP contribution < -0.4 is 5.73 Å². The molecule has 0 radical (unpaired) electrons. The third kappa shape index (κ3) is 4.51. The second-order valence-corrected chi connectivity index (χ2v) is 3.32. The van der Waals surface area contributed by atoms with Crippen molar-refractivity contribution in [3.05, 3.63) is 22.6 Å². The van der Waals surface area contributed by atoms with Gasteiger partial charge in [-0.05, 0) is 18.9 Å². The fourth-order valence-corrected chi connectivity index (χ4v) is 1.01. The van der Waals surface area contributed by atoms with Gasteiger partial charge in [-0.1, -0.05) is 25.1 Å². The fraction of sp³-hybridized carbons (Fsp3) is 0.500. The van der Waals surface area contributed by atoms with Gasteiger partial charge in [-0.25, -0.2) is 0 Å². The number of halogens is 1. The Labute approximate surface area is 78.7 Å².